The lowest BCUT2D eigenvalue weighted by Crippen LogP contribution is -2.52. The number of nitrogens with one attached hydrogen (secondary N) is 1. The van der Waals surface area contributed by atoms with Crippen molar-refractivity contribution in [3.05, 3.63) is 89.0 Å². The third-order valence-electron chi connectivity index (χ3n) is 8.38. The number of nitrogens with two attached hydrogens (primary N) is 2. The Morgan fingerprint density at radius 1 is 1.07 bits per heavy atom. The van der Waals surface area contributed by atoms with Crippen molar-refractivity contribution in [2.24, 2.45) is 22.8 Å². The van der Waals surface area contributed by atoms with Crippen LogP contribution in [0.25, 0.3) is 5.57 Å². The van der Waals surface area contributed by atoms with Crippen molar-refractivity contribution >= 4 is 17.3 Å². The second-order valence-electron chi connectivity index (χ2n) is 13.1. The fraction of sp³-hybridized carbons (Fsp3) is 0.500. The number of unbranched alkanes of at least 4 members (excludes halogenated alkanes) is 1. The highest BCUT2D eigenvalue weighted by Gasteiger charge is 2.40. The van der Waals surface area contributed by atoms with Gasteiger partial charge in [-0.2, -0.15) is 0 Å². The maximum Gasteiger partial charge on any atom is 0.248 e. The minimum absolute atomic E-state index is 0.123. The maximum absolute atomic E-state index is 15.0. The van der Waals surface area contributed by atoms with E-state index < -0.39 is 41.6 Å². The number of benzene rings is 2. The Bertz CT molecular complexity index is 1340. The molecule has 0 heterocycles. The van der Waals surface area contributed by atoms with Crippen LogP contribution in [-0.4, -0.2) is 66.1 Å². The summed E-state index contributed by atoms with van der Waals surface area (Å²) in [5, 5.41) is 13.3. The van der Waals surface area contributed by atoms with Gasteiger partial charge in [0.25, 0.3) is 0 Å². The molecule has 0 aromatic heterocycles. The van der Waals surface area contributed by atoms with Crippen LogP contribution < -0.4 is 16.8 Å². The molecule has 0 aliphatic heterocycles. The van der Waals surface area contributed by atoms with Gasteiger partial charge in [0.2, 0.25) is 5.91 Å². The zero-order valence-corrected chi connectivity index (χ0v) is 27.1. The Hall–Kier alpha value is -3.24. The van der Waals surface area contributed by atoms with E-state index in [9.17, 15) is 23.5 Å². The number of nitrogens with zero attached hydrogens (tertiary/aromatic N) is 1. The highest BCUT2D eigenvalue weighted by molar-refractivity contribution is 5.86. The molecule has 246 valence electrons. The summed E-state index contributed by atoms with van der Waals surface area (Å²) in [7, 11) is 0. The van der Waals surface area contributed by atoms with Gasteiger partial charge in [-0.3, -0.25) is 9.59 Å². The fourth-order valence-electron chi connectivity index (χ4n) is 6.04. The van der Waals surface area contributed by atoms with E-state index in [4.69, 9.17) is 11.5 Å². The van der Waals surface area contributed by atoms with Crippen molar-refractivity contribution in [1.82, 2.24) is 10.2 Å². The molecular formula is C36H50F2N4O3. The number of hydrogen-bond donors (Lipinski definition) is 4. The number of aliphatic hydroxyl groups is 1. The summed E-state index contributed by atoms with van der Waals surface area (Å²) in [4.78, 5) is 27.9. The predicted molar refractivity (Wildman–Crippen MR) is 176 cm³/mol. The molecule has 2 aromatic rings. The molecule has 0 bridgehead atoms. The lowest BCUT2D eigenvalue weighted by Gasteiger charge is -2.43. The van der Waals surface area contributed by atoms with Crippen molar-refractivity contribution in [3.63, 3.8) is 0 Å². The quantitative estimate of drug-likeness (QED) is 0.188. The third kappa shape index (κ3) is 10.4. The summed E-state index contributed by atoms with van der Waals surface area (Å²) in [6.45, 7) is 8.19. The van der Waals surface area contributed by atoms with Gasteiger partial charge < -0.3 is 26.8 Å². The molecule has 0 saturated carbocycles. The van der Waals surface area contributed by atoms with Gasteiger partial charge in [0, 0.05) is 24.1 Å². The molecule has 2 aromatic carbocycles. The average molecular weight is 625 g/mol. The number of allylic oxidation sites excluding steroid dienone is 3. The molecule has 1 amide bonds. The fourth-order valence-corrected chi connectivity index (χ4v) is 6.04. The molecule has 6 N–H and O–H groups in total. The van der Waals surface area contributed by atoms with Gasteiger partial charge in [0.15, 0.2) is 5.78 Å². The minimum Gasteiger partial charge on any atom is -0.387 e. The van der Waals surface area contributed by atoms with Crippen LogP contribution >= 0.6 is 0 Å². The van der Waals surface area contributed by atoms with Gasteiger partial charge in [0.1, 0.15) is 18.2 Å². The number of amides is 1. The van der Waals surface area contributed by atoms with Crippen LogP contribution in [0.4, 0.5) is 8.78 Å². The van der Waals surface area contributed by atoms with Gasteiger partial charge in [0.05, 0.1) is 18.6 Å². The zero-order valence-electron chi connectivity index (χ0n) is 27.1. The first kappa shape index (κ1) is 36.2. The lowest BCUT2D eigenvalue weighted by molar-refractivity contribution is -0.138. The first-order valence-electron chi connectivity index (χ1n) is 15.9. The topological polar surface area (TPSA) is 122 Å². The van der Waals surface area contributed by atoms with E-state index in [-0.39, 0.29) is 42.8 Å². The largest absolute Gasteiger partial charge is 0.387 e. The zero-order chi connectivity index (χ0) is 33.1. The average Bonchev–Trinajstić information content (AvgIpc) is 3.40. The van der Waals surface area contributed by atoms with Crippen molar-refractivity contribution in [2.75, 3.05) is 26.2 Å². The minimum atomic E-state index is -0.809. The molecular weight excluding hydrogens is 574 g/mol. The summed E-state index contributed by atoms with van der Waals surface area (Å²) in [5.41, 5.74) is 14.0. The van der Waals surface area contributed by atoms with E-state index in [1.54, 1.807) is 4.90 Å². The van der Waals surface area contributed by atoms with Crippen LogP contribution in [0.2, 0.25) is 0 Å². The van der Waals surface area contributed by atoms with Crippen LogP contribution in [0.1, 0.15) is 64.5 Å². The first-order chi connectivity index (χ1) is 21.3. The van der Waals surface area contributed by atoms with Gasteiger partial charge in [-0.1, -0.05) is 69.7 Å². The van der Waals surface area contributed by atoms with E-state index in [1.807, 2.05) is 70.2 Å². The molecule has 9 heteroatoms. The molecule has 3 rings (SSSR count). The number of ketones is 1. The van der Waals surface area contributed by atoms with Crippen molar-refractivity contribution in [3.8, 4) is 0 Å². The Morgan fingerprint density at radius 3 is 2.42 bits per heavy atom. The molecule has 1 aliphatic carbocycles. The maximum atomic E-state index is 15.0. The molecule has 0 saturated heterocycles. The van der Waals surface area contributed by atoms with Crippen LogP contribution in [0.3, 0.4) is 0 Å². The van der Waals surface area contributed by atoms with Crippen molar-refractivity contribution in [1.29, 1.82) is 0 Å². The van der Waals surface area contributed by atoms with Crippen molar-refractivity contribution in [2.45, 2.75) is 77.9 Å². The summed E-state index contributed by atoms with van der Waals surface area (Å²) in [6.07, 6.45) is 7.36. The Kier molecular flexibility index (Phi) is 13.6. The van der Waals surface area contributed by atoms with Crippen LogP contribution in [0.15, 0.2) is 66.3 Å². The van der Waals surface area contributed by atoms with E-state index in [2.05, 4.69) is 5.32 Å². The van der Waals surface area contributed by atoms with Crippen LogP contribution in [0.5, 0.6) is 0 Å². The Balaban J connectivity index is 1.90. The molecule has 45 heavy (non-hydrogen) atoms. The number of aliphatic hydroxyl groups excluding tert-OH is 1. The standard InChI is InChI=1S/C36H50F2N4O3/c1-24(10-8-9-16-39)41-22-33(44)32(40)15-17-42(34(45)23-43)35(36(2,3)4)30-20-27(29-21-28(37)13-14-31(29)38)19-26(30)18-25-11-6-5-7-12-25/h5-7,11-14,19-21,24,26,32,35,41,43H,8-10,15-18,22-23,39-40H2,1-4H3/t24?,26?,32-,35-/m0/s1. The first-order valence-corrected chi connectivity index (χ1v) is 15.9. The molecule has 4 atom stereocenters. The number of rotatable bonds is 17. The smallest absolute Gasteiger partial charge is 0.248 e. The summed E-state index contributed by atoms with van der Waals surface area (Å²) in [5.74, 6) is -1.97. The highest BCUT2D eigenvalue weighted by atomic mass is 19.1. The summed E-state index contributed by atoms with van der Waals surface area (Å²) >= 11 is 0. The highest BCUT2D eigenvalue weighted by Crippen LogP contribution is 2.42. The Morgan fingerprint density at radius 2 is 1.78 bits per heavy atom. The van der Waals surface area contributed by atoms with Crippen molar-refractivity contribution < 1.29 is 23.5 Å². The van der Waals surface area contributed by atoms with E-state index in [0.29, 0.717) is 18.5 Å². The number of carbonyl (C=O) groups is 2. The number of halogens is 2. The monoisotopic (exact) mass is 624 g/mol. The molecule has 2 unspecified atom stereocenters. The SMILES string of the molecule is CC(CCCCN)NCC(=O)[C@@H](N)CCN(C(=O)CO)[C@@H](C1=CC(c2cc(F)ccc2F)=CC1Cc1ccccc1)C(C)(C)C. The normalized spacial score (nSPS) is 17.0. The molecule has 0 radical (unpaired) electrons. The Labute approximate surface area is 266 Å². The second-order valence-corrected chi connectivity index (χ2v) is 13.1. The van der Waals surface area contributed by atoms with E-state index in [1.165, 1.54) is 6.07 Å². The van der Waals surface area contributed by atoms with Gasteiger partial charge in [-0.05, 0) is 79.5 Å². The number of Topliss-reactive ketones (excluding diaryl/α,β-unsaturated/α-hetero) is 1. The van der Waals surface area contributed by atoms with E-state index >= 15 is 0 Å². The van der Waals surface area contributed by atoms with E-state index in [0.717, 1.165) is 42.5 Å². The van der Waals surface area contributed by atoms with Crippen LogP contribution in [0, 0.1) is 23.0 Å². The number of hydrogen-bond acceptors (Lipinski definition) is 6. The molecule has 0 spiro atoms. The molecule has 7 nitrogen and oxygen atoms in total. The molecule has 1 aliphatic rings. The summed E-state index contributed by atoms with van der Waals surface area (Å²) < 4.78 is 29.2. The van der Waals surface area contributed by atoms with Gasteiger partial charge in [-0.15, -0.1) is 0 Å². The predicted octanol–water partition coefficient (Wildman–Crippen LogP) is 4.78. The second kappa shape index (κ2) is 16.9. The number of carbonyl (C=O) groups excluding carboxylic acids is 2. The lowest BCUT2D eigenvalue weighted by atomic mass is 9.76. The summed E-state index contributed by atoms with van der Waals surface area (Å²) in [6, 6.07) is 12.0. The third-order valence-corrected chi connectivity index (χ3v) is 8.38. The molecule has 0 fully saturated rings. The van der Waals surface area contributed by atoms with Gasteiger partial charge >= 0.3 is 0 Å². The van der Waals surface area contributed by atoms with Crippen LogP contribution in [-0.2, 0) is 16.0 Å². The van der Waals surface area contributed by atoms with Gasteiger partial charge in [-0.25, -0.2) is 8.78 Å².